The molecule has 8 aromatic carbocycles. The van der Waals surface area contributed by atoms with E-state index in [1.807, 2.05) is 69.3 Å². The Bertz CT molecular complexity index is 4870. The van der Waals surface area contributed by atoms with Gasteiger partial charge in [-0.05, 0) is 257 Å². The van der Waals surface area contributed by atoms with Gasteiger partial charge in [0.1, 0.15) is 17.5 Å². The van der Waals surface area contributed by atoms with E-state index < -0.39 is 0 Å². The molecule has 2 aliphatic heterocycles. The molecule has 21 rings (SSSR count). The van der Waals surface area contributed by atoms with Crippen LogP contribution in [0.15, 0.2) is 377 Å². The SMILES string of the molecule is Cc1ncc[nH]1.Cc1ncc[nH]1.Cc1ncc[nH]1.[Fe].[Fe].c1ccc([C+]2c3ccc([n-]3)[C+](c3ccccc3)c3ccc([n-]3)[C+](c3ccccc3)c3ccc([n-]3)[C+](c3ccccc3)c3ccc2[n-]3)cc1.c1ccc([C+]2c3ccc([n-]3)[C+](c3ccccc3)c3ccc([n-]3)[C+](c3ccccc3)c3ccc([n-]3)[C+](c3ccccc3)c3ccc2[n-]3)cc1. The molecule has 2 aliphatic rings. The number of aryl methyl sites for hydroxylation is 3. The molecule has 0 atom stereocenters. The predicted molar refractivity (Wildman–Crippen MR) is 444 cm³/mol. The van der Waals surface area contributed by atoms with Crippen LogP contribution in [0.4, 0.5) is 0 Å². The molecule has 0 unspecified atom stereocenters. The van der Waals surface area contributed by atoms with E-state index in [4.69, 9.17) is 39.9 Å². The fraction of sp³-hybridized carbons (Fsp3) is 0.0300. The third-order valence-corrected chi connectivity index (χ3v) is 19.6. The molecule has 13 heterocycles. The maximum atomic E-state index is 5.31. The average Bonchev–Trinajstić information content (AvgIpc) is 1.62. The zero-order valence-electron chi connectivity index (χ0n) is 63.4. The Hall–Kier alpha value is -14.4. The normalized spacial score (nSPS) is 12.0. The van der Waals surface area contributed by atoms with E-state index in [9.17, 15) is 0 Å². The van der Waals surface area contributed by atoms with Crippen molar-refractivity contribution in [2.24, 2.45) is 0 Å². The van der Waals surface area contributed by atoms with E-state index in [1.54, 1.807) is 37.2 Å². The van der Waals surface area contributed by atoms with Crippen LogP contribution < -0.4 is 39.9 Å². The summed E-state index contributed by atoms with van der Waals surface area (Å²) in [4.78, 5) is 62.7. The second-order valence-electron chi connectivity index (χ2n) is 27.2. The largest absolute Gasteiger partial charge is 0.628 e. The number of nitrogens with one attached hydrogen (secondary N) is 3. The van der Waals surface area contributed by atoms with Crippen molar-refractivity contribution in [3.05, 3.63) is 577 Å². The predicted octanol–water partition coefficient (Wildman–Crippen LogP) is 18.0. The van der Waals surface area contributed by atoms with E-state index in [0.29, 0.717) is 0 Å². The van der Waals surface area contributed by atoms with Crippen LogP contribution in [0.5, 0.6) is 0 Å². The Labute approximate surface area is 697 Å². The van der Waals surface area contributed by atoms with E-state index in [2.05, 4.69) is 321 Å². The van der Waals surface area contributed by atoms with Gasteiger partial charge in [0.2, 0.25) is 0 Å². The van der Waals surface area contributed by atoms with Gasteiger partial charge in [-0.25, -0.2) is 15.0 Å². The first-order valence-electron chi connectivity index (χ1n) is 37.7. The Morgan fingerprint density at radius 1 is 0.172 bits per heavy atom. The molecule has 14 nitrogen and oxygen atoms in total. The molecule has 3 N–H and O–H groups in total. The number of imidazole rings is 3. The standard InChI is InChI=1S/2C44H28N4.3C4H6N2.2Fe/c2*1-5-13-29(14-6-1)41-33-21-23-35(45-33)42(30-15-7-2-8-16-30)37-25-27-39(47-37)44(32-19-11-4-12-20-32)40-28-26-38(48-40)43(31-17-9-3-10-18-31)36-24-22-34(41)46-36;3*1-4-5-2-3-6-4;;/h2*1-28H;3*2-3H,1H3,(H,5,6);;. The molecular formula is C100H74Fe2N14. The smallest absolute Gasteiger partial charge is 0.102 e. The number of H-pyrrole nitrogens is 3. The topological polar surface area (TPSA) is 199 Å². The van der Waals surface area contributed by atoms with Gasteiger partial charge in [0.25, 0.3) is 0 Å². The molecule has 0 saturated carbocycles. The minimum absolute atomic E-state index is 0. The van der Waals surface area contributed by atoms with Crippen LogP contribution in [0.3, 0.4) is 0 Å². The second-order valence-corrected chi connectivity index (χ2v) is 27.2. The zero-order valence-corrected chi connectivity index (χ0v) is 65.6. The van der Waals surface area contributed by atoms with E-state index in [0.717, 1.165) is 200 Å². The van der Waals surface area contributed by atoms with Crippen LogP contribution in [-0.2, 0) is 34.1 Å². The molecule has 16 bridgehead atoms. The Morgan fingerprint density at radius 2 is 0.284 bits per heavy atom. The van der Waals surface area contributed by atoms with Gasteiger partial charge in [0.15, 0.2) is 0 Å². The van der Waals surface area contributed by atoms with Gasteiger partial charge in [-0.15, -0.1) is 0 Å². The molecule has 116 heavy (non-hydrogen) atoms. The van der Waals surface area contributed by atoms with Crippen LogP contribution in [0.25, 0.3) is 0 Å². The van der Waals surface area contributed by atoms with E-state index in [-0.39, 0.29) is 34.1 Å². The van der Waals surface area contributed by atoms with Crippen LogP contribution in [0.2, 0.25) is 0 Å². The number of aromatic amines is 3. The van der Waals surface area contributed by atoms with Crippen LogP contribution in [-0.4, -0.2) is 29.9 Å². The molecule has 560 valence electrons. The summed E-state index contributed by atoms with van der Waals surface area (Å²) >= 11 is 0. The van der Waals surface area contributed by atoms with E-state index >= 15 is 0 Å². The Morgan fingerprint density at radius 3 is 0.362 bits per heavy atom. The number of hydrogen-bond donors (Lipinski definition) is 3. The first kappa shape index (κ1) is 77.0. The summed E-state index contributed by atoms with van der Waals surface area (Å²) in [5.74, 6) is 10.7. The first-order chi connectivity index (χ1) is 56.3. The average molecular weight is 1580 g/mol. The molecule has 0 radical (unpaired) electrons. The van der Waals surface area contributed by atoms with Crippen molar-refractivity contribution < 1.29 is 34.1 Å². The molecule has 0 aliphatic carbocycles. The van der Waals surface area contributed by atoms with Crippen LogP contribution in [0.1, 0.15) is 153 Å². The van der Waals surface area contributed by atoms with Crippen molar-refractivity contribution in [3.8, 4) is 0 Å². The molecule has 0 amide bonds. The monoisotopic (exact) mass is 1580 g/mol. The first-order valence-corrected chi connectivity index (χ1v) is 37.7. The molecule has 19 aromatic rings. The fourth-order valence-corrected chi connectivity index (χ4v) is 14.4. The number of benzene rings is 8. The number of fused-ring (bicyclic) bond motifs is 16. The molecule has 0 spiro atoms. The maximum absolute atomic E-state index is 5.31. The molecule has 0 fully saturated rings. The van der Waals surface area contributed by atoms with Crippen molar-refractivity contribution in [2.75, 3.05) is 0 Å². The van der Waals surface area contributed by atoms with Gasteiger partial charge in [0, 0.05) is 313 Å². The molecule has 0 saturated heterocycles. The maximum Gasteiger partial charge on any atom is 0.102 e. The minimum Gasteiger partial charge on any atom is -0.628 e. The zero-order chi connectivity index (χ0) is 76.9. The van der Waals surface area contributed by atoms with Gasteiger partial charge in [-0.2, -0.15) is 0 Å². The van der Waals surface area contributed by atoms with Gasteiger partial charge in [-0.3, -0.25) is 0 Å². The number of hydrogen-bond acceptors (Lipinski definition) is 3. The number of nitrogens with zero attached hydrogens (tertiary/aromatic N) is 11. The number of aromatic nitrogens is 14. The third-order valence-electron chi connectivity index (χ3n) is 19.6. The van der Waals surface area contributed by atoms with Crippen molar-refractivity contribution >= 4 is 0 Å². The van der Waals surface area contributed by atoms with E-state index in [1.165, 1.54) is 0 Å². The number of rotatable bonds is 8. The van der Waals surface area contributed by atoms with Gasteiger partial charge < -0.3 is 54.8 Å². The summed E-state index contributed by atoms with van der Waals surface area (Å²) in [6, 6.07) is 117. The molecule has 16 heteroatoms. The summed E-state index contributed by atoms with van der Waals surface area (Å²) in [6.45, 7) is 5.75. The summed E-state index contributed by atoms with van der Waals surface area (Å²) < 4.78 is 0. The van der Waals surface area contributed by atoms with Crippen molar-refractivity contribution in [3.63, 3.8) is 0 Å². The summed E-state index contributed by atoms with van der Waals surface area (Å²) in [7, 11) is 0. The third kappa shape index (κ3) is 17.0. The Kier molecular flexibility index (Phi) is 23.9. The fourth-order valence-electron chi connectivity index (χ4n) is 14.4. The van der Waals surface area contributed by atoms with Crippen molar-refractivity contribution in [2.45, 2.75) is 20.8 Å². The summed E-state index contributed by atoms with van der Waals surface area (Å²) in [6.07, 6.45) is 10.6. The van der Waals surface area contributed by atoms with Crippen molar-refractivity contribution in [1.29, 1.82) is 0 Å². The van der Waals surface area contributed by atoms with Crippen molar-refractivity contribution in [1.82, 2.24) is 69.8 Å². The Balaban J connectivity index is 0.000000147. The summed E-state index contributed by atoms with van der Waals surface area (Å²) in [5, 5.41) is 0. The van der Waals surface area contributed by atoms with Crippen LogP contribution >= 0.6 is 0 Å². The van der Waals surface area contributed by atoms with Gasteiger partial charge >= 0.3 is 0 Å². The van der Waals surface area contributed by atoms with Gasteiger partial charge in [-0.1, -0.05) is 0 Å². The molecule has 11 aromatic heterocycles. The van der Waals surface area contributed by atoms with Crippen LogP contribution in [0, 0.1) is 68.1 Å². The van der Waals surface area contributed by atoms with Gasteiger partial charge in [0.05, 0.1) is 44.5 Å². The second kappa shape index (κ2) is 36.0. The summed E-state index contributed by atoms with van der Waals surface area (Å²) in [5.41, 5.74) is 22.2. The molecular weight excluding hydrogens is 1510 g/mol. The minimum atomic E-state index is 0. The quantitative estimate of drug-likeness (QED) is 0.0966.